The lowest BCUT2D eigenvalue weighted by atomic mass is 10.1. The normalized spacial score (nSPS) is 19.1. The molecular formula is C26H32N2O5. The Balaban J connectivity index is 1.27. The number of hydrogen-bond donors (Lipinski definition) is 1. The van der Waals surface area contributed by atoms with Crippen molar-refractivity contribution >= 4 is 23.3 Å². The highest BCUT2D eigenvalue weighted by molar-refractivity contribution is 5.97. The summed E-state index contributed by atoms with van der Waals surface area (Å²) in [6, 6.07) is 14.6. The van der Waals surface area contributed by atoms with Gasteiger partial charge in [-0.2, -0.15) is 0 Å². The molecule has 0 aromatic heterocycles. The van der Waals surface area contributed by atoms with E-state index in [1.54, 1.807) is 31.2 Å². The number of nitrogens with zero attached hydrogens (tertiary/aromatic N) is 1. The summed E-state index contributed by atoms with van der Waals surface area (Å²) < 4.78 is 16.7. The average molecular weight is 453 g/mol. The van der Waals surface area contributed by atoms with Gasteiger partial charge in [-0.1, -0.05) is 6.07 Å². The number of esters is 1. The maximum Gasteiger partial charge on any atom is 0.339 e. The molecule has 2 aliphatic rings. The van der Waals surface area contributed by atoms with Gasteiger partial charge in [-0.3, -0.25) is 4.79 Å². The van der Waals surface area contributed by atoms with Crippen molar-refractivity contribution in [1.82, 2.24) is 0 Å². The van der Waals surface area contributed by atoms with Gasteiger partial charge in [-0.05, 0) is 81.5 Å². The minimum atomic E-state index is -0.935. The number of ether oxygens (including phenoxy) is 3. The standard InChI is InChI=1S/C26H32N2O5/c1-19(25(29)27-21-10-12-22(13-11-21)28-14-3-2-4-15-28)33-26(30)20-7-5-8-23(17-20)32-18-24-9-6-16-31-24/h5,7-8,10-13,17,19,24H,2-4,6,9,14-16,18H2,1H3,(H,27,29)/t19-,24+/m1/s1. The molecule has 0 saturated carbocycles. The van der Waals surface area contributed by atoms with Gasteiger partial charge in [0.2, 0.25) is 0 Å². The van der Waals surface area contributed by atoms with Crippen LogP contribution in [0, 0.1) is 0 Å². The Labute approximate surface area is 195 Å². The fraction of sp³-hybridized carbons (Fsp3) is 0.462. The number of rotatable bonds is 8. The fourth-order valence-electron chi connectivity index (χ4n) is 4.11. The summed E-state index contributed by atoms with van der Waals surface area (Å²) in [6.07, 6.45) is 4.90. The second-order valence-corrected chi connectivity index (χ2v) is 8.61. The van der Waals surface area contributed by atoms with E-state index in [0.717, 1.165) is 38.2 Å². The van der Waals surface area contributed by atoms with E-state index in [1.165, 1.54) is 19.3 Å². The molecule has 2 aliphatic heterocycles. The molecule has 0 spiro atoms. The number of carbonyl (C=O) groups is 2. The SMILES string of the molecule is C[C@@H](OC(=O)c1cccc(OC[C@@H]2CCCO2)c1)C(=O)Nc1ccc(N2CCCCC2)cc1. The van der Waals surface area contributed by atoms with Crippen LogP contribution in [0.25, 0.3) is 0 Å². The Kier molecular flexibility index (Phi) is 7.83. The van der Waals surface area contributed by atoms with Crippen LogP contribution in [-0.4, -0.2) is 50.4 Å². The number of anilines is 2. The molecule has 2 atom stereocenters. The summed E-state index contributed by atoms with van der Waals surface area (Å²) in [4.78, 5) is 27.5. The summed E-state index contributed by atoms with van der Waals surface area (Å²) in [5, 5.41) is 2.82. The number of piperidine rings is 1. The summed E-state index contributed by atoms with van der Waals surface area (Å²) in [6.45, 7) is 4.92. The van der Waals surface area contributed by atoms with E-state index >= 15 is 0 Å². The smallest absolute Gasteiger partial charge is 0.339 e. The summed E-state index contributed by atoms with van der Waals surface area (Å²) in [7, 11) is 0. The molecule has 2 aromatic carbocycles. The number of carbonyl (C=O) groups excluding carboxylic acids is 2. The van der Waals surface area contributed by atoms with E-state index in [9.17, 15) is 9.59 Å². The molecular weight excluding hydrogens is 420 g/mol. The zero-order valence-corrected chi connectivity index (χ0v) is 19.1. The van der Waals surface area contributed by atoms with Crippen LogP contribution in [-0.2, 0) is 14.3 Å². The van der Waals surface area contributed by atoms with Crippen LogP contribution in [0.3, 0.4) is 0 Å². The highest BCUT2D eigenvalue weighted by Crippen LogP contribution is 2.22. The second-order valence-electron chi connectivity index (χ2n) is 8.61. The maximum absolute atomic E-state index is 12.6. The zero-order chi connectivity index (χ0) is 23.0. The van der Waals surface area contributed by atoms with Crippen LogP contribution >= 0.6 is 0 Å². The molecule has 1 amide bonds. The lowest BCUT2D eigenvalue weighted by Gasteiger charge is -2.28. The topological polar surface area (TPSA) is 77.1 Å². The van der Waals surface area contributed by atoms with Crippen LogP contribution in [0.15, 0.2) is 48.5 Å². The Morgan fingerprint density at radius 2 is 1.88 bits per heavy atom. The first-order chi connectivity index (χ1) is 16.1. The predicted molar refractivity (Wildman–Crippen MR) is 127 cm³/mol. The maximum atomic E-state index is 12.6. The van der Waals surface area contributed by atoms with Crippen molar-refractivity contribution < 1.29 is 23.8 Å². The van der Waals surface area contributed by atoms with Crippen molar-refractivity contribution in [2.45, 2.75) is 51.2 Å². The molecule has 176 valence electrons. The van der Waals surface area contributed by atoms with Crippen molar-refractivity contribution in [2.75, 3.05) is 36.5 Å². The number of hydrogen-bond acceptors (Lipinski definition) is 6. The molecule has 1 N–H and O–H groups in total. The van der Waals surface area contributed by atoms with Gasteiger partial charge in [-0.25, -0.2) is 4.79 Å². The summed E-state index contributed by atoms with van der Waals surface area (Å²) >= 11 is 0. The molecule has 7 heteroatoms. The number of benzene rings is 2. The van der Waals surface area contributed by atoms with Gasteiger partial charge in [0.1, 0.15) is 12.4 Å². The molecule has 0 aliphatic carbocycles. The van der Waals surface area contributed by atoms with Crippen molar-refractivity contribution in [1.29, 1.82) is 0 Å². The van der Waals surface area contributed by atoms with Crippen LogP contribution in [0.4, 0.5) is 11.4 Å². The third-order valence-electron chi connectivity index (χ3n) is 6.04. The Morgan fingerprint density at radius 3 is 2.61 bits per heavy atom. The largest absolute Gasteiger partial charge is 0.491 e. The van der Waals surface area contributed by atoms with E-state index in [4.69, 9.17) is 14.2 Å². The van der Waals surface area contributed by atoms with E-state index < -0.39 is 12.1 Å². The first kappa shape index (κ1) is 23.1. The first-order valence-electron chi connectivity index (χ1n) is 11.8. The van der Waals surface area contributed by atoms with E-state index in [2.05, 4.69) is 10.2 Å². The van der Waals surface area contributed by atoms with Crippen molar-refractivity contribution in [3.8, 4) is 5.75 Å². The third-order valence-corrected chi connectivity index (χ3v) is 6.04. The molecule has 2 saturated heterocycles. The summed E-state index contributed by atoms with van der Waals surface area (Å²) in [5.41, 5.74) is 2.17. The molecule has 2 aromatic rings. The lowest BCUT2D eigenvalue weighted by molar-refractivity contribution is -0.123. The number of amides is 1. The van der Waals surface area contributed by atoms with Gasteiger partial charge in [-0.15, -0.1) is 0 Å². The second kappa shape index (κ2) is 11.2. The molecule has 7 nitrogen and oxygen atoms in total. The third kappa shape index (κ3) is 6.48. The van der Waals surface area contributed by atoms with Crippen LogP contribution < -0.4 is 15.0 Å². The van der Waals surface area contributed by atoms with Crippen LogP contribution in [0.5, 0.6) is 5.75 Å². The van der Waals surface area contributed by atoms with E-state index in [0.29, 0.717) is 23.6 Å². The quantitative estimate of drug-likeness (QED) is 0.598. The predicted octanol–water partition coefficient (Wildman–Crippen LogP) is 4.42. The fourth-order valence-corrected chi connectivity index (χ4v) is 4.11. The molecule has 0 unspecified atom stereocenters. The highest BCUT2D eigenvalue weighted by atomic mass is 16.5. The molecule has 4 rings (SSSR count). The van der Waals surface area contributed by atoms with Crippen molar-refractivity contribution in [2.24, 2.45) is 0 Å². The molecule has 2 heterocycles. The first-order valence-corrected chi connectivity index (χ1v) is 11.8. The van der Waals surface area contributed by atoms with Crippen molar-refractivity contribution in [3.05, 3.63) is 54.1 Å². The minimum absolute atomic E-state index is 0.0956. The van der Waals surface area contributed by atoms with E-state index in [1.807, 2.05) is 24.3 Å². The molecule has 0 radical (unpaired) electrons. The average Bonchev–Trinajstić information content (AvgIpc) is 3.38. The van der Waals surface area contributed by atoms with Crippen LogP contribution in [0.2, 0.25) is 0 Å². The summed E-state index contributed by atoms with van der Waals surface area (Å²) in [5.74, 6) is -0.369. The highest BCUT2D eigenvalue weighted by Gasteiger charge is 2.20. The van der Waals surface area contributed by atoms with Gasteiger partial charge in [0.15, 0.2) is 6.10 Å². The van der Waals surface area contributed by atoms with E-state index in [-0.39, 0.29) is 12.0 Å². The minimum Gasteiger partial charge on any atom is -0.491 e. The Morgan fingerprint density at radius 1 is 1.09 bits per heavy atom. The Hall–Kier alpha value is -3.06. The number of nitrogens with one attached hydrogen (secondary N) is 1. The van der Waals surface area contributed by atoms with Gasteiger partial charge >= 0.3 is 5.97 Å². The Bertz CT molecular complexity index is 934. The van der Waals surface area contributed by atoms with Gasteiger partial charge in [0.25, 0.3) is 5.91 Å². The van der Waals surface area contributed by atoms with Gasteiger partial charge < -0.3 is 24.4 Å². The molecule has 33 heavy (non-hydrogen) atoms. The molecule has 2 fully saturated rings. The van der Waals surface area contributed by atoms with Gasteiger partial charge in [0.05, 0.1) is 11.7 Å². The molecule has 0 bridgehead atoms. The van der Waals surface area contributed by atoms with Gasteiger partial charge in [0, 0.05) is 31.1 Å². The lowest BCUT2D eigenvalue weighted by Crippen LogP contribution is -2.30. The zero-order valence-electron chi connectivity index (χ0n) is 19.1. The van der Waals surface area contributed by atoms with Crippen molar-refractivity contribution in [3.63, 3.8) is 0 Å². The monoisotopic (exact) mass is 452 g/mol. The van der Waals surface area contributed by atoms with Crippen LogP contribution in [0.1, 0.15) is 49.4 Å².